The summed E-state index contributed by atoms with van der Waals surface area (Å²) >= 11 is 0. The van der Waals surface area contributed by atoms with E-state index in [4.69, 9.17) is 4.74 Å². The minimum absolute atomic E-state index is 0.00185. The maximum Gasteiger partial charge on any atom is 0.233 e. The summed E-state index contributed by atoms with van der Waals surface area (Å²) in [5.74, 6) is -0.151. The van der Waals surface area contributed by atoms with Gasteiger partial charge in [-0.05, 0) is 37.0 Å². The third kappa shape index (κ3) is 3.36. The summed E-state index contributed by atoms with van der Waals surface area (Å²) in [5, 5.41) is 10.2. The Morgan fingerprint density at radius 3 is 2.50 bits per heavy atom. The van der Waals surface area contributed by atoms with Crippen LogP contribution in [0.5, 0.6) is 5.75 Å². The highest BCUT2D eigenvalue weighted by atomic mass is 16.5. The van der Waals surface area contributed by atoms with Crippen LogP contribution >= 0.6 is 0 Å². The lowest BCUT2D eigenvalue weighted by Gasteiger charge is -2.19. The van der Waals surface area contributed by atoms with Crippen LogP contribution in [0, 0.1) is 11.8 Å². The first-order chi connectivity index (χ1) is 11.6. The molecule has 1 fully saturated rings. The fourth-order valence-electron chi connectivity index (χ4n) is 3.36. The highest BCUT2D eigenvalue weighted by molar-refractivity contribution is 6.05. The SMILES string of the molecule is CCc1cccc(OCC(O)CN2C(=O)C3CC=CCC3C2=O)c1. The summed E-state index contributed by atoms with van der Waals surface area (Å²) in [6, 6.07) is 7.68. The Labute approximate surface area is 141 Å². The number of rotatable bonds is 6. The van der Waals surface area contributed by atoms with Crippen molar-refractivity contribution < 1.29 is 19.4 Å². The van der Waals surface area contributed by atoms with Gasteiger partial charge >= 0.3 is 0 Å². The number of β-amino-alcohol motifs (C(OH)–C–C–N with tert-alkyl or cyclic N) is 1. The number of benzene rings is 1. The summed E-state index contributed by atoms with van der Waals surface area (Å²) in [6.07, 6.45) is 5.15. The first kappa shape index (κ1) is 16.7. The standard InChI is InChI=1S/C19H23NO4/c1-2-13-6-5-7-15(10-13)24-12-14(21)11-20-18(22)16-8-3-4-9-17(16)19(20)23/h3-7,10,14,16-17,21H,2,8-9,11-12H2,1H3. The van der Waals surface area contributed by atoms with E-state index in [-0.39, 0.29) is 36.8 Å². The summed E-state index contributed by atoms with van der Waals surface area (Å²) in [7, 11) is 0. The molecule has 5 heteroatoms. The van der Waals surface area contributed by atoms with Crippen LogP contribution in [0.1, 0.15) is 25.3 Å². The maximum absolute atomic E-state index is 12.4. The van der Waals surface area contributed by atoms with Gasteiger partial charge in [0.15, 0.2) is 0 Å². The number of hydrogen-bond acceptors (Lipinski definition) is 4. The molecular weight excluding hydrogens is 306 g/mol. The Kier molecular flexibility index (Phi) is 5.00. The molecule has 3 unspecified atom stereocenters. The van der Waals surface area contributed by atoms with Gasteiger partial charge in [-0.1, -0.05) is 31.2 Å². The highest BCUT2D eigenvalue weighted by Gasteiger charge is 2.47. The molecule has 1 N–H and O–H groups in total. The zero-order chi connectivity index (χ0) is 17.1. The average molecular weight is 329 g/mol. The van der Waals surface area contributed by atoms with E-state index in [2.05, 4.69) is 6.92 Å². The van der Waals surface area contributed by atoms with Gasteiger partial charge in [0.05, 0.1) is 18.4 Å². The van der Waals surface area contributed by atoms with E-state index in [1.165, 1.54) is 4.90 Å². The number of hydrogen-bond donors (Lipinski definition) is 1. The molecule has 1 aromatic rings. The third-order valence-corrected chi connectivity index (χ3v) is 4.74. The van der Waals surface area contributed by atoms with Gasteiger partial charge in [0, 0.05) is 0 Å². The molecular formula is C19H23NO4. The lowest BCUT2D eigenvalue weighted by atomic mass is 9.85. The summed E-state index contributed by atoms with van der Waals surface area (Å²) in [5.41, 5.74) is 1.16. The van der Waals surface area contributed by atoms with Gasteiger partial charge in [-0.2, -0.15) is 0 Å². The van der Waals surface area contributed by atoms with E-state index >= 15 is 0 Å². The topological polar surface area (TPSA) is 66.8 Å². The van der Waals surface area contributed by atoms with E-state index in [1.54, 1.807) is 0 Å². The molecule has 24 heavy (non-hydrogen) atoms. The number of aliphatic hydroxyl groups is 1. The number of ether oxygens (including phenoxy) is 1. The van der Waals surface area contributed by atoms with Crippen LogP contribution < -0.4 is 4.74 Å². The summed E-state index contributed by atoms with van der Waals surface area (Å²) in [6.45, 7) is 2.11. The zero-order valence-electron chi connectivity index (χ0n) is 13.9. The second-order valence-corrected chi connectivity index (χ2v) is 6.41. The van der Waals surface area contributed by atoms with Crippen molar-refractivity contribution in [3.63, 3.8) is 0 Å². The van der Waals surface area contributed by atoms with Crippen LogP contribution in [0.3, 0.4) is 0 Å². The number of likely N-dealkylation sites (tertiary alicyclic amines) is 1. The molecule has 0 saturated carbocycles. The second kappa shape index (κ2) is 7.18. The molecule has 128 valence electrons. The molecule has 1 aliphatic carbocycles. The second-order valence-electron chi connectivity index (χ2n) is 6.41. The Balaban J connectivity index is 1.56. The molecule has 2 amide bonds. The van der Waals surface area contributed by atoms with E-state index < -0.39 is 6.10 Å². The lowest BCUT2D eigenvalue weighted by molar-refractivity contribution is -0.141. The van der Waals surface area contributed by atoms with Crippen molar-refractivity contribution in [3.8, 4) is 5.75 Å². The number of aliphatic hydroxyl groups excluding tert-OH is 1. The smallest absolute Gasteiger partial charge is 0.233 e. The molecule has 0 bridgehead atoms. The number of carbonyl (C=O) groups is 2. The van der Waals surface area contributed by atoms with Gasteiger partial charge in [0.25, 0.3) is 0 Å². The number of allylic oxidation sites excluding steroid dienone is 2. The number of nitrogens with zero attached hydrogens (tertiary/aromatic N) is 1. The first-order valence-corrected chi connectivity index (χ1v) is 8.50. The third-order valence-electron chi connectivity index (χ3n) is 4.74. The molecule has 1 heterocycles. The highest BCUT2D eigenvalue weighted by Crippen LogP contribution is 2.35. The van der Waals surface area contributed by atoms with Crippen molar-refractivity contribution in [1.29, 1.82) is 0 Å². The summed E-state index contributed by atoms with van der Waals surface area (Å²) < 4.78 is 5.60. The van der Waals surface area contributed by atoms with E-state index in [0.717, 1.165) is 12.0 Å². The normalized spacial score (nSPS) is 24.2. The van der Waals surface area contributed by atoms with Gasteiger partial charge in [0.1, 0.15) is 18.5 Å². The fraction of sp³-hybridized carbons (Fsp3) is 0.474. The minimum atomic E-state index is -0.892. The van der Waals surface area contributed by atoms with Crippen LogP contribution in [-0.2, 0) is 16.0 Å². The van der Waals surface area contributed by atoms with Crippen molar-refractivity contribution in [2.45, 2.75) is 32.3 Å². The minimum Gasteiger partial charge on any atom is -0.491 e. The molecule has 2 aliphatic rings. The van der Waals surface area contributed by atoms with E-state index in [0.29, 0.717) is 18.6 Å². The van der Waals surface area contributed by atoms with Crippen molar-refractivity contribution in [1.82, 2.24) is 4.90 Å². The molecule has 0 spiro atoms. The Hall–Kier alpha value is -2.14. The Bertz CT molecular complexity index is 629. The van der Waals surface area contributed by atoms with Crippen LogP contribution in [-0.4, -0.2) is 41.1 Å². The average Bonchev–Trinajstić information content (AvgIpc) is 2.85. The molecule has 5 nitrogen and oxygen atoms in total. The van der Waals surface area contributed by atoms with Crippen LogP contribution in [0.4, 0.5) is 0 Å². The molecule has 3 atom stereocenters. The Morgan fingerprint density at radius 2 is 1.88 bits per heavy atom. The van der Waals surface area contributed by atoms with Crippen molar-refractivity contribution in [2.75, 3.05) is 13.2 Å². The summed E-state index contributed by atoms with van der Waals surface area (Å²) in [4.78, 5) is 25.9. The van der Waals surface area contributed by atoms with E-state index in [9.17, 15) is 14.7 Å². The largest absolute Gasteiger partial charge is 0.491 e. The van der Waals surface area contributed by atoms with Crippen molar-refractivity contribution in [2.24, 2.45) is 11.8 Å². The molecule has 3 rings (SSSR count). The molecule has 1 aliphatic heterocycles. The van der Waals surface area contributed by atoms with Crippen LogP contribution in [0.15, 0.2) is 36.4 Å². The van der Waals surface area contributed by atoms with Gasteiger partial charge in [-0.15, -0.1) is 0 Å². The predicted octanol–water partition coefficient (Wildman–Crippen LogP) is 1.94. The van der Waals surface area contributed by atoms with Gasteiger partial charge in [-0.25, -0.2) is 0 Å². The van der Waals surface area contributed by atoms with Crippen LogP contribution in [0.2, 0.25) is 0 Å². The van der Waals surface area contributed by atoms with Crippen LogP contribution in [0.25, 0.3) is 0 Å². The monoisotopic (exact) mass is 329 g/mol. The zero-order valence-corrected chi connectivity index (χ0v) is 13.9. The lowest BCUT2D eigenvalue weighted by Crippen LogP contribution is -2.40. The Morgan fingerprint density at radius 1 is 1.21 bits per heavy atom. The van der Waals surface area contributed by atoms with E-state index in [1.807, 2.05) is 36.4 Å². The molecule has 0 radical (unpaired) electrons. The van der Waals surface area contributed by atoms with Crippen molar-refractivity contribution >= 4 is 11.8 Å². The van der Waals surface area contributed by atoms with Gasteiger partial charge in [-0.3, -0.25) is 14.5 Å². The molecule has 1 aromatic carbocycles. The van der Waals surface area contributed by atoms with Gasteiger partial charge < -0.3 is 9.84 Å². The number of aryl methyl sites for hydroxylation is 1. The number of amides is 2. The molecule has 1 saturated heterocycles. The number of fused-ring (bicyclic) bond motifs is 1. The fourth-order valence-corrected chi connectivity index (χ4v) is 3.36. The van der Waals surface area contributed by atoms with Gasteiger partial charge in [0.2, 0.25) is 11.8 Å². The quantitative estimate of drug-likeness (QED) is 0.640. The maximum atomic E-state index is 12.4. The first-order valence-electron chi connectivity index (χ1n) is 8.50. The predicted molar refractivity (Wildman–Crippen MR) is 89.4 cm³/mol. The molecule has 0 aromatic heterocycles. The van der Waals surface area contributed by atoms with Crippen molar-refractivity contribution in [3.05, 3.63) is 42.0 Å². The number of imide groups is 1. The number of carbonyl (C=O) groups excluding carboxylic acids is 2.